The Labute approximate surface area is 68.9 Å². The van der Waals surface area contributed by atoms with Crippen molar-refractivity contribution in [3.05, 3.63) is 35.4 Å². The highest BCUT2D eigenvalue weighted by Crippen LogP contribution is 2.29. The lowest BCUT2D eigenvalue weighted by Gasteiger charge is -2.03. The van der Waals surface area contributed by atoms with E-state index in [0.29, 0.717) is 0 Å². The van der Waals surface area contributed by atoms with Crippen LogP contribution in [-0.4, -0.2) is 11.6 Å². The summed E-state index contributed by atoms with van der Waals surface area (Å²) in [4.78, 5) is 9.14. The molecule has 0 aromatic heterocycles. The summed E-state index contributed by atoms with van der Waals surface area (Å²) in [7, 11) is -0.786. The van der Waals surface area contributed by atoms with Gasteiger partial charge in [-0.3, -0.25) is 0 Å². The summed E-state index contributed by atoms with van der Waals surface area (Å²) in [6, 6.07) is 8.30. The van der Waals surface area contributed by atoms with Gasteiger partial charge in [0.05, 0.1) is 0 Å². The van der Waals surface area contributed by atoms with Crippen LogP contribution in [0.2, 0.25) is 0 Å². The van der Waals surface area contributed by atoms with E-state index in [-0.39, 0.29) is 0 Å². The molecule has 0 aliphatic rings. The van der Waals surface area contributed by atoms with Crippen LogP contribution in [0.4, 0.5) is 0 Å². The maximum Gasteiger partial charge on any atom is 0.0264 e. The Morgan fingerprint density at radius 2 is 1.82 bits per heavy atom. The first kappa shape index (κ1) is 8.70. The summed E-state index contributed by atoms with van der Waals surface area (Å²) in [5.41, 5.74) is 2.50. The number of rotatable bonds is 2. The monoisotopic (exact) mass is 168 g/mol. The second-order valence-corrected chi connectivity index (χ2v) is 4.43. The second-order valence-electron chi connectivity index (χ2n) is 2.80. The quantitative estimate of drug-likeness (QED) is 0.673. The third-order valence-electron chi connectivity index (χ3n) is 1.53. The molecule has 0 fully saturated rings. The fourth-order valence-electron chi connectivity index (χ4n) is 0.958. The van der Waals surface area contributed by atoms with Crippen LogP contribution in [0.15, 0.2) is 24.3 Å². The summed E-state index contributed by atoms with van der Waals surface area (Å²) in [6.45, 7) is 3.94. The Hall–Kier alpha value is -0.390. The topological polar surface area (TPSA) is 20.2 Å². The molecule has 11 heavy (non-hydrogen) atoms. The maximum absolute atomic E-state index is 9.14. The van der Waals surface area contributed by atoms with Crippen LogP contribution in [-0.2, 0) is 6.16 Å². The summed E-state index contributed by atoms with van der Waals surface area (Å²) >= 11 is 0. The first-order valence-corrected chi connectivity index (χ1v) is 5.57. The highest BCUT2D eigenvalue weighted by Gasteiger charge is 1.96. The van der Waals surface area contributed by atoms with E-state index in [4.69, 9.17) is 4.89 Å². The van der Waals surface area contributed by atoms with Gasteiger partial charge in [-0.1, -0.05) is 29.8 Å². The van der Waals surface area contributed by atoms with Crippen molar-refractivity contribution in [3.8, 4) is 0 Å². The molecule has 0 heterocycles. The fraction of sp³-hybridized carbons (Fsp3) is 0.333. The van der Waals surface area contributed by atoms with Gasteiger partial charge in [-0.25, -0.2) is 0 Å². The predicted octanol–water partition coefficient (Wildman–Crippen LogP) is 2.51. The summed E-state index contributed by atoms with van der Waals surface area (Å²) < 4.78 is 0. The van der Waals surface area contributed by atoms with Crippen molar-refractivity contribution in [1.82, 2.24) is 0 Å². The zero-order valence-corrected chi connectivity index (χ0v) is 7.81. The van der Waals surface area contributed by atoms with Crippen molar-refractivity contribution in [3.63, 3.8) is 0 Å². The van der Waals surface area contributed by atoms with Gasteiger partial charge in [0.2, 0.25) is 0 Å². The molecule has 0 spiro atoms. The smallest absolute Gasteiger partial charge is 0.0264 e. The van der Waals surface area contributed by atoms with Crippen LogP contribution >= 0.6 is 8.15 Å². The molecule has 1 aromatic rings. The molecular weight excluding hydrogens is 155 g/mol. The molecule has 0 aliphatic carbocycles. The number of hydrogen-bond acceptors (Lipinski definition) is 1. The van der Waals surface area contributed by atoms with Gasteiger partial charge in [-0.2, -0.15) is 0 Å². The lowest BCUT2D eigenvalue weighted by molar-refractivity contribution is 0.629. The van der Waals surface area contributed by atoms with Gasteiger partial charge >= 0.3 is 0 Å². The molecule has 0 amide bonds. The highest BCUT2D eigenvalue weighted by atomic mass is 31.1. The van der Waals surface area contributed by atoms with E-state index in [0.717, 1.165) is 6.16 Å². The zero-order chi connectivity index (χ0) is 8.27. The molecule has 0 bridgehead atoms. The molecule has 0 aliphatic heterocycles. The normalized spacial score (nSPS) is 13.0. The molecule has 2 heteroatoms. The molecule has 0 radical (unpaired) electrons. The van der Waals surface area contributed by atoms with Gasteiger partial charge in [0.1, 0.15) is 0 Å². The Bertz CT molecular complexity index is 216. The largest absolute Gasteiger partial charge is 0.374 e. The first-order valence-electron chi connectivity index (χ1n) is 3.64. The number of aryl methyl sites for hydroxylation is 1. The Kier molecular flexibility index (Phi) is 3.04. The van der Waals surface area contributed by atoms with Gasteiger partial charge in [0, 0.05) is 14.3 Å². The minimum atomic E-state index is -0.786. The van der Waals surface area contributed by atoms with Crippen LogP contribution in [0.1, 0.15) is 11.1 Å². The lowest BCUT2D eigenvalue weighted by atomic mass is 10.2. The standard InChI is InChI=1S/C9H13OP/c1-8-3-5-9(6-4-8)7-11(2)10/h3-6,10H,7H2,1-2H3. The van der Waals surface area contributed by atoms with Crippen molar-refractivity contribution < 1.29 is 4.89 Å². The molecular formula is C9H13OP. The molecule has 60 valence electrons. The first-order chi connectivity index (χ1) is 5.18. The van der Waals surface area contributed by atoms with Crippen molar-refractivity contribution in [2.45, 2.75) is 13.1 Å². The van der Waals surface area contributed by atoms with Crippen LogP contribution in [0, 0.1) is 6.92 Å². The van der Waals surface area contributed by atoms with E-state index in [1.807, 2.05) is 6.66 Å². The zero-order valence-electron chi connectivity index (χ0n) is 6.91. The molecule has 1 N–H and O–H groups in total. The maximum atomic E-state index is 9.14. The summed E-state index contributed by atoms with van der Waals surface area (Å²) in [6.07, 6.45) is 0.815. The van der Waals surface area contributed by atoms with Gasteiger partial charge in [-0.05, 0) is 19.2 Å². The van der Waals surface area contributed by atoms with E-state index < -0.39 is 8.15 Å². The van der Waals surface area contributed by atoms with Crippen LogP contribution in [0.25, 0.3) is 0 Å². The number of hydrogen-bond donors (Lipinski definition) is 1. The minimum Gasteiger partial charge on any atom is -0.374 e. The average molecular weight is 168 g/mol. The van der Waals surface area contributed by atoms with Crippen molar-refractivity contribution >= 4 is 8.15 Å². The number of benzene rings is 1. The molecule has 0 saturated carbocycles. The van der Waals surface area contributed by atoms with Gasteiger partial charge in [-0.15, -0.1) is 0 Å². The fourth-order valence-corrected chi connectivity index (χ4v) is 1.70. The highest BCUT2D eigenvalue weighted by molar-refractivity contribution is 7.49. The Balaban J connectivity index is 2.66. The van der Waals surface area contributed by atoms with Crippen LogP contribution in [0.5, 0.6) is 0 Å². The second kappa shape index (κ2) is 3.85. The third-order valence-corrected chi connectivity index (χ3v) is 2.35. The van der Waals surface area contributed by atoms with Gasteiger partial charge in [0.25, 0.3) is 0 Å². The Morgan fingerprint density at radius 1 is 1.27 bits per heavy atom. The molecule has 1 aromatic carbocycles. The average Bonchev–Trinajstić information content (AvgIpc) is 1.93. The predicted molar refractivity (Wildman–Crippen MR) is 49.9 cm³/mol. The van der Waals surface area contributed by atoms with E-state index in [1.54, 1.807) is 0 Å². The van der Waals surface area contributed by atoms with E-state index in [2.05, 4.69) is 31.2 Å². The molecule has 1 rings (SSSR count). The minimum absolute atomic E-state index is 0.786. The van der Waals surface area contributed by atoms with Gasteiger partial charge in [0.15, 0.2) is 0 Å². The van der Waals surface area contributed by atoms with E-state index >= 15 is 0 Å². The Morgan fingerprint density at radius 3 is 2.27 bits per heavy atom. The van der Waals surface area contributed by atoms with Crippen LogP contribution in [0.3, 0.4) is 0 Å². The van der Waals surface area contributed by atoms with Crippen molar-refractivity contribution in [2.75, 3.05) is 6.66 Å². The summed E-state index contributed by atoms with van der Waals surface area (Å²) in [5, 5.41) is 0. The molecule has 1 atom stereocenters. The van der Waals surface area contributed by atoms with Crippen molar-refractivity contribution in [1.29, 1.82) is 0 Å². The lowest BCUT2D eigenvalue weighted by Crippen LogP contribution is -1.81. The van der Waals surface area contributed by atoms with E-state index in [9.17, 15) is 0 Å². The van der Waals surface area contributed by atoms with Crippen molar-refractivity contribution in [2.24, 2.45) is 0 Å². The van der Waals surface area contributed by atoms with Gasteiger partial charge < -0.3 is 4.89 Å². The molecule has 1 nitrogen and oxygen atoms in total. The molecule has 0 saturated heterocycles. The summed E-state index contributed by atoms with van der Waals surface area (Å²) in [5.74, 6) is 0. The third kappa shape index (κ3) is 3.00. The van der Waals surface area contributed by atoms with Crippen LogP contribution < -0.4 is 0 Å². The van der Waals surface area contributed by atoms with E-state index in [1.165, 1.54) is 11.1 Å². The SMILES string of the molecule is Cc1ccc(CP(C)O)cc1. The molecule has 1 unspecified atom stereocenters.